The molecule has 6 heteroatoms. The molecule has 1 unspecified atom stereocenters. The Bertz CT molecular complexity index is 275. The van der Waals surface area contributed by atoms with E-state index in [4.69, 9.17) is 9.84 Å². The summed E-state index contributed by atoms with van der Waals surface area (Å²) in [5, 5.41) is 14.1. The van der Waals surface area contributed by atoms with E-state index in [0.717, 1.165) is 19.4 Å². The van der Waals surface area contributed by atoms with Crippen LogP contribution in [0.3, 0.4) is 0 Å². The highest BCUT2D eigenvalue weighted by molar-refractivity contribution is 5.82. The minimum atomic E-state index is -1.02. The molecule has 1 rings (SSSR count). The number of carboxylic acid groups (broad SMARTS) is 1. The smallest absolute Gasteiger partial charge is 0.326 e. The maximum absolute atomic E-state index is 11.6. The quantitative estimate of drug-likeness (QED) is 0.674. The first kappa shape index (κ1) is 13.8. The third-order valence-electron chi connectivity index (χ3n) is 2.71. The number of carbonyl (C=O) groups excluding carboxylic acids is 1. The summed E-state index contributed by atoms with van der Waals surface area (Å²) in [5.41, 5.74) is 0. The highest BCUT2D eigenvalue weighted by Crippen LogP contribution is 2.06. The largest absolute Gasteiger partial charge is 0.480 e. The molecule has 2 atom stereocenters. The van der Waals surface area contributed by atoms with Gasteiger partial charge in [0.05, 0.1) is 12.6 Å². The predicted molar refractivity (Wildman–Crippen MR) is 61.8 cm³/mol. The molecule has 3 N–H and O–H groups in total. The average Bonchev–Trinajstić information content (AvgIpc) is 2.26. The molecule has 0 spiro atoms. The molecule has 0 aromatic carbocycles. The van der Waals surface area contributed by atoms with Crippen molar-refractivity contribution in [2.75, 3.05) is 13.2 Å². The van der Waals surface area contributed by atoms with Crippen molar-refractivity contribution in [3.8, 4) is 0 Å². The van der Waals surface area contributed by atoms with E-state index in [9.17, 15) is 9.59 Å². The van der Waals surface area contributed by atoms with Crippen LogP contribution in [0.25, 0.3) is 0 Å². The van der Waals surface area contributed by atoms with E-state index in [0.29, 0.717) is 6.61 Å². The van der Waals surface area contributed by atoms with Crippen molar-refractivity contribution in [3.63, 3.8) is 0 Å². The van der Waals surface area contributed by atoms with Gasteiger partial charge in [-0.3, -0.25) is 0 Å². The lowest BCUT2D eigenvalue weighted by Crippen LogP contribution is -2.52. The Morgan fingerprint density at radius 1 is 1.41 bits per heavy atom. The van der Waals surface area contributed by atoms with E-state index in [1.165, 1.54) is 0 Å². The number of hydrogen-bond donors (Lipinski definition) is 3. The second-order valence-electron chi connectivity index (χ2n) is 4.59. The lowest BCUT2D eigenvalue weighted by Gasteiger charge is -2.25. The molecule has 1 heterocycles. The first-order chi connectivity index (χ1) is 8.00. The number of aliphatic carboxylic acids is 1. The van der Waals surface area contributed by atoms with Crippen molar-refractivity contribution in [1.82, 2.24) is 10.6 Å². The molecule has 17 heavy (non-hydrogen) atoms. The molecule has 0 radical (unpaired) electrons. The van der Waals surface area contributed by atoms with Gasteiger partial charge < -0.3 is 20.5 Å². The fraction of sp³-hybridized carbons (Fsp3) is 0.818. The topological polar surface area (TPSA) is 87.7 Å². The molecule has 1 aliphatic rings. The van der Waals surface area contributed by atoms with Crippen molar-refractivity contribution < 1.29 is 19.4 Å². The second-order valence-corrected chi connectivity index (χ2v) is 4.59. The van der Waals surface area contributed by atoms with E-state index in [2.05, 4.69) is 10.6 Å². The van der Waals surface area contributed by atoms with Crippen LogP contribution in [0, 0.1) is 5.92 Å². The van der Waals surface area contributed by atoms with Gasteiger partial charge in [0.15, 0.2) is 0 Å². The van der Waals surface area contributed by atoms with Gasteiger partial charge in [0, 0.05) is 6.61 Å². The van der Waals surface area contributed by atoms with Crippen molar-refractivity contribution in [3.05, 3.63) is 0 Å². The maximum Gasteiger partial charge on any atom is 0.326 e. The normalized spacial score (nSPS) is 21.9. The third-order valence-corrected chi connectivity index (χ3v) is 2.71. The third kappa shape index (κ3) is 4.60. The Hall–Kier alpha value is -1.30. The zero-order valence-electron chi connectivity index (χ0n) is 10.2. The zero-order chi connectivity index (χ0) is 12.8. The summed E-state index contributed by atoms with van der Waals surface area (Å²) in [7, 11) is 0. The van der Waals surface area contributed by atoms with Crippen LogP contribution in [0.15, 0.2) is 0 Å². The summed E-state index contributed by atoms with van der Waals surface area (Å²) in [4.78, 5) is 22.5. The van der Waals surface area contributed by atoms with Gasteiger partial charge >= 0.3 is 12.0 Å². The van der Waals surface area contributed by atoms with Crippen molar-refractivity contribution in [1.29, 1.82) is 0 Å². The molecule has 0 aromatic rings. The lowest BCUT2D eigenvalue weighted by molar-refractivity contribution is -0.140. The van der Waals surface area contributed by atoms with Crippen LogP contribution >= 0.6 is 0 Å². The van der Waals surface area contributed by atoms with Crippen LogP contribution in [0.2, 0.25) is 0 Å². The van der Waals surface area contributed by atoms with Crippen LogP contribution in [0.1, 0.15) is 26.7 Å². The molecule has 1 saturated heterocycles. The molecule has 2 amide bonds. The number of nitrogens with one attached hydrogen (secondary N) is 2. The van der Waals surface area contributed by atoms with Crippen molar-refractivity contribution >= 4 is 12.0 Å². The van der Waals surface area contributed by atoms with Gasteiger partial charge in [-0.15, -0.1) is 0 Å². The fourth-order valence-corrected chi connectivity index (χ4v) is 1.74. The van der Waals surface area contributed by atoms with Crippen LogP contribution in [0.4, 0.5) is 4.79 Å². The van der Waals surface area contributed by atoms with Gasteiger partial charge in [-0.1, -0.05) is 13.8 Å². The van der Waals surface area contributed by atoms with E-state index in [1.54, 1.807) is 13.8 Å². The number of ether oxygens (including phenoxy) is 1. The average molecular weight is 244 g/mol. The lowest BCUT2D eigenvalue weighted by atomic mass is 10.1. The Labute approximate surface area is 101 Å². The Balaban J connectivity index is 2.38. The fourth-order valence-electron chi connectivity index (χ4n) is 1.74. The SMILES string of the molecule is CC(C)[C@@H](NC(=O)NC1CCCOC1)C(=O)O. The first-order valence-corrected chi connectivity index (χ1v) is 5.88. The minimum Gasteiger partial charge on any atom is -0.480 e. The van der Waals surface area contributed by atoms with E-state index < -0.39 is 18.0 Å². The van der Waals surface area contributed by atoms with Gasteiger partial charge in [-0.25, -0.2) is 9.59 Å². The monoisotopic (exact) mass is 244 g/mol. The summed E-state index contributed by atoms with van der Waals surface area (Å²) in [6.45, 7) is 4.72. The summed E-state index contributed by atoms with van der Waals surface area (Å²) in [6.07, 6.45) is 1.78. The molecular weight excluding hydrogens is 224 g/mol. The molecule has 1 aliphatic heterocycles. The number of hydrogen-bond acceptors (Lipinski definition) is 3. The maximum atomic E-state index is 11.6. The molecule has 0 saturated carbocycles. The molecule has 1 fully saturated rings. The number of urea groups is 1. The molecular formula is C11H20N2O4. The van der Waals surface area contributed by atoms with Gasteiger partial charge in [-0.2, -0.15) is 0 Å². The number of amides is 2. The summed E-state index contributed by atoms with van der Waals surface area (Å²) >= 11 is 0. The molecule has 6 nitrogen and oxygen atoms in total. The van der Waals surface area contributed by atoms with Crippen LogP contribution in [0.5, 0.6) is 0 Å². The standard InChI is InChI=1S/C11H20N2O4/c1-7(2)9(10(14)15)13-11(16)12-8-4-3-5-17-6-8/h7-9H,3-6H2,1-2H3,(H,14,15)(H2,12,13,16)/t8?,9-/m1/s1. The predicted octanol–water partition coefficient (Wildman–Crippen LogP) is 0.574. The highest BCUT2D eigenvalue weighted by atomic mass is 16.5. The Morgan fingerprint density at radius 3 is 2.59 bits per heavy atom. The Kier molecular flexibility index (Phi) is 5.21. The van der Waals surface area contributed by atoms with Gasteiger partial charge in [-0.05, 0) is 18.8 Å². The zero-order valence-corrected chi connectivity index (χ0v) is 10.2. The van der Waals surface area contributed by atoms with Crippen molar-refractivity contribution in [2.24, 2.45) is 5.92 Å². The Morgan fingerprint density at radius 2 is 2.12 bits per heavy atom. The molecule has 98 valence electrons. The van der Waals surface area contributed by atoms with E-state index in [1.807, 2.05) is 0 Å². The van der Waals surface area contributed by atoms with Crippen molar-refractivity contribution in [2.45, 2.75) is 38.8 Å². The van der Waals surface area contributed by atoms with E-state index in [-0.39, 0.29) is 12.0 Å². The summed E-state index contributed by atoms with van der Waals surface area (Å²) < 4.78 is 5.22. The highest BCUT2D eigenvalue weighted by Gasteiger charge is 2.24. The minimum absolute atomic E-state index is 0.0228. The summed E-state index contributed by atoms with van der Waals surface area (Å²) in [6, 6.07) is -1.33. The van der Waals surface area contributed by atoms with Gasteiger partial charge in [0.2, 0.25) is 0 Å². The van der Waals surface area contributed by atoms with Gasteiger partial charge in [0.1, 0.15) is 6.04 Å². The first-order valence-electron chi connectivity index (χ1n) is 5.88. The molecule has 0 bridgehead atoms. The molecule has 0 aliphatic carbocycles. The number of carboxylic acids is 1. The van der Waals surface area contributed by atoms with E-state index >= 15 is 0 Å². The number of carbonyl (C=O) groups is 2. The molecule has 0 aromatic heterocycles. The van der Waals surface area contributed by atoms with Crippen LogP contribution < -0.4 is 10.6 Å². The van der Waals surface area contributed by atoms with Crippen LogP contribution in [-0.4, -0.2) is 42.4 Å². The van der Waals surface area contributed by atoms with Gasteiger partial charge in [0.25, 0.3) is 0 Å². The van der Waals surface area contributed by atoms with Crippen LogP contribution in [-0.2, 0) is 9.53 Å². The second kappa shape index (κ2) is 6.44. The summed E-state index contributed by atoms with van der Waals surface area (Å²) in [5.74, 6) is -1.17. The number of rotatable bonds is 4.